The molecular formula is C20H26O5. The molecule has 1 fully saturated rings. The van der Waals surface area contributed by atoms with Gasteiger partial charge in [0.05, 0.1) is 5.56 Å². The molecule has 0 heterocycles. The van der Waals surface area contributed by atoms with E-state index in [1.165, 1.54) is 0 Å². The summed E-state index contributed by atoms with van der Waals surface area (Å²) in [6, 6.07) is 0. The molecule has 3 rings (SSSR count). The molecule has 2 atom stereocenters. The summed E-state index contributed by atoms with van der Waals surface area (Å²) in [7, 11) is 0. The first kappa shape index (κ1) is 17.8. The van der Waals surface area contributed by atoms with Crippen molar-refractivity contribution in [2.24, 2.45) is 11.3 Å². The van der Waals surface area contributed by atoms with Crippen LogP contribution in [0.5, 0.6) is 17.2 Å². The van der Waals surface area contributed by atoms with Crippen LogP contribution < -0.4 is 0 Å². The number of fused-ring (bicyclic) bond motifs is 3. The predicted molar refractivity (Wildman–Crippen MR) is 93.3 cm³/mol. The Kier molecular flexibility index (Phi) is 3.72. The van der Waals surface area contributed by atoms with E-state index in [4.69, 9.17) is 0 Å². The smallest absolute Gasteiger partial charge is 0.167 e. The molecule has 5 nitrogen and oxygen atoms in total. The van der Waals surface area contributed by atoms with Crippen molar-refractivity contribution in [2.45, 2.75) is 65.2 Å². The number of Topliss-reactive ketones (excluding diaryl/α,β-unsaturated/α-hetero) is 2. The van der Waals surface area contributed by atoms with Crippen molar-refractivity contribution in [1.82, 2.24) is 0 Å². The van der Waals surface area contributed by atoms with Gasteiger partial charge in [0.15, 0.2) is 17.3 Å². The van der Waals surface area contributed by atoms with E-state index < -0.39 is 10.8 Å². The number of carbonyl (C=O) groups excluding carboxylic acids is 2. The third-order valence-electron chi connectivity index (χ3n) is 6.51. The molecule has 2 aliphatic rings. The zero-order valence-corrected chi connectivity index (χ0v) is 15.4. The number of rotatable bonds is 1. The highest BCUT2D eigenvalue weighted by Gasteiger charge is 2.57. The summed E-state index contributed by atoms with van der Waals surface area (Å²) in [5.41, 5.74) is -0.751. The van der Waals surface area contributed by atoms with Gasteiger partial charge in [-0.25, -0.2) is 0 Å². The lowest BCUT2D eigenvalue weighted by Gasteiger charge is -2.52. The Bertz CT molecular complexity index is 790. The second-order valence-electron chi connectivity index (χ2n) is 8.61. The van der Waals surface area contributed by atoms with Crippen LogP contribution in [0.2, 0.25) is 0 Å². The molecule has 0 aliphatic heterocycles. The van der Waals surface area contributed by atoms with Crippen molar-refractivity contribution in [3.05, 3.63) is 16.7 Å². The van der Waals surface area contributed by atoms with E-state index in [1.807, 2.05) is 20.8 Å². The fraction of sp³-hybridized carbons (Fsp3) is 0.600. The van der Waals surface area contributed by atoms with Gasteiger partial charge in [0, 0.05) is 34.8 Å². The van der Waals surface area contributed by atoms with E-state index in [-0.39, 0.29) is 58.2 Å². The molecule has 2 aliphatic carbocycles. The maximum Gasteiger partial charge on any atom is 0.167 e. The number of carbonyl (C=O) groups is 2. The Labute approximate surface area is 147 Å². The fourth-order valence-electron chi connectivity index (χ4n) is 5.03. The first-order chi connectivity index (χ1) is 11.4. The van der Waals surface area contributed by atoms with Crippen LogP contribution in [-0.4, -0.2) is 26.9 Å². The second-order valence-corrected chi connectivity index (χ2v) is 8.61. The third kappa shape index (κ3) is 2.14. The molecule has 0 bridgehead atoms. The maximum absolute atomic E-state index is 12.9. The number of benzene rings is 1. The van der Waals surface area contributed by atoms with Gasteiger partial charge in [0.2, 0.25) is 0 Å². The van der Waals surface area contributed by atoms with E-state index in [9.17, 15) is 24.9 Å². The van der Waals surface area contributed by atoms with E-state index in [0.717, 1.165) is 0 Å². The normalized spacial score (nSPS) is 28.0. The van der Waals surface area contributed by atoms with E-state index in [2.05, 4.69) is 0 Å². The Hall–Kier alpha value is -2.04. The van der Waals surface area contributed by atoms with Crippen molar-refractivity contribution >= 4 is 11.6 Å². The van der Waals surface area contributed by atoms with Crippen molar-refractivity contribution < 1.29 is 24.9 Å². The zero-order valence-electron chi connectivity index (χ0n) is 15.4. The molecule has 136 valence electrons. The fourth-order valence-corrected chi connectivity index (χ4v) is 5.03. The summed E-state index contributed by atoms with van der Waals surface area (Å²) in [6.45, 7) is 9.16. The molecule has 0 saturated heterocycles. The Morgan fingerprint density at radius 3 is 2.16 bits per heavy atom. The van der Waals surface area contributed by atoms with Crippen molar-refractivity contribution in [2.75, 3.05) is 0 Å². The van der Waals surface area contributed by atoms with Crippen molar-refractivity contribution in [1.29, 1.82) is 0 Å². The van der Waals surface area contributed by atoms with Crippen LogP contribution >= 0.6 is 0 Å². The van der Waals surface area contributed by atoms with Crippen LogP contribution in [0.1, 0.15) is 81.3 Å². The van der Waals surface area contributed by atoms with Crippen molar-refractivity contribution in [3.63, 3.8) is 0 Å². The average Bonchev–Trinajstić information content (AvgIpc) is 2.50. The lowest BCUT2D eigenvalue weighted by molar-refractivity contribution is -0.136. The quantitative estimate of drug-likeness (QED) is 0.531. The highest BCUT2D eigenvalue weighted by molar-refractivity contribution is 6.04. The number of hydrogen-bond donors (Lipinski definition) is 3. The highest BCUT2D eigenvalue weighted by Crippen LogP contribution is 2.61. The van der Waals surface area contributed by atoms with Gasteiger partial charge in [0.25, 0.3) is 0 Å². The van der Waals surface area contributed by atoms with E-state index in [1.54, 1.807) is 13.8 Å². The molecule has 0 amide bonds. The van der Waals surface area contributed by atoms with Crippen LogP contribution in [-0.2, 0) is 10.2 Å². The van der Waals surface area contributed by atoms with Gasteiger partial charge in [0.1, 0.15) is 11.5 Å². The Balaban J connectivity index is 2.36. The van der Waals surface area contributed by atoms with Gasteiger partial charge in [-0.2, -0.15) is 0 Å². The lowest BCUT2D eigenvalue weighted by Crippen LogP contribution is -2.53. The van der Waals surface area contributed by atoms with Gasteiger partial charge in [-0.1, -0.05) is 34.6 Å². The van der Waals surface area contributed by atoms with Gasteiger partial charge >= 0.3 is 0 Å². The number of phenols is 3. The highest BCUT2D eigenvalue weighted by atomic mass is 16.3. The van der Waals surface area contributed by atoms with Gasteiger partial charge in [-0.15, -0.1) is 0 Å². The van der Waals surface area contributed by atoms with E-state index >= 15 is 0 Å². The van der Waals surface area contributed by atoms with Gasteiger partial charge in [-0.05, 0) is 18.3 Å². The summed E-state index contributed by atoms with van der Waals surface area (Å²) >= 11 is 0. The minimum absolute atomic E-state index is 0.109. The molecule has 1 aromatic carbocycles. The molecule has 0 radical (unpaired) electrons. The first-order valence-corrected chi connectivity index (χ1v) is 8.82. The number of aromatic hydroxyl groups is 3. The van der Waals surface area contributed by atoms with Crippen LogP contribution in [0.15, 0.2) is 0 Å². The summed E-state index contributed by atoms with van der Waals surface area (Å²) in [6.07, 6.45) is 0.978. The molecule has 1 saturated carbocycles. The Morgan fingerprint density at radius 1 is 1.00 bits per heavy atom. The molecular weight excluding hydrogens is 320 g/mol. The van der Waals surface area contributed by atoms with Gasteiger partial charge < -0.3 is 15.3 Å². The monoisotopic (exact) mass is 346 g/mol. The molecule has 0 spiro atoms. The number of hydrogen-bond acceptors (Lipinski definition) is 5. The third-order valence-corrected chi connectivity index (χ3v) is 6.51. The summed E-state index contributed by atoms with van der Waals surface area (Å²) < 4.78 is 0. The maximum atomic E-state index is 12.9. The summed E-state index contributed by atoms with van der Waals surface area (Å²) in [5, 5.41) is 32.0. The SMILES string of the molecule is CC(C)c1c(O)c(O)c2c(c1O)C(=O)CC1C(C)(C)C(=O)CCC21C. The predicted octanol–water partition coefficient (Wildman–Crippen LogP) is 3.78. The molecule has 1 aromatic rings. The summed E-state index contributed by atoms with van der Waals surface area (Å²) in [5.74, 6) is -1.64. The van der Waals surface area contributed by atoms with E-state index in [0.29, 0.717) is 18.4 Å². The topological polar surface area (TPSA) is 94.8 Å². The van der Waals surface area contributed by atoms with Crippen LogP contribution in [0.4, 0.5) is 0 Å². The Morgan fingerprint density at radius 2 is 1.60 bits per heavy atom. The standard InChI is InChI=1S/C20H26O5/c1-9(2)13-16(23)14-10(21)8-11-19(3,4)12(22)6-7-20(11,5)15(14)18(25)17(13)24/h9,11,23-25H,6-8H2,1-5H3. The first-order valence-electron chi connectivity index (χ1n) is 8.82. The number of phenolic OH excluding ortho intramolecular Hbond substituents is 3. The summed E-state index contributed by atoms with van der Waals surface area (Å²) in [4.78, 5) is 25.3. The van der Waals surface area contributed by atoms with Crippen LogP contribution in [0, 0.1) is 11.3 Å². The van der Waals surface area contributed by atoms with Crippen LogP contribution in [0.25, 0.3) is 0 Å². The molecule has 0 aromatic heterocycles. The van der Waals surface area contributed by atoms with Crippen LogP contribution in [0.3, 0.4) is 0 Å². The molecule has 2 unspecified atom stereocenters. The number of ketones is 2. The minimum atomic E-state index is -0.700. The van der Waals surface area contributed by atoms with Gasteiger partial charge in [-0.3, -0.25) is 9.59 Å². The van der Waals surface area contributed by atoms with Crippen molar-refractivity contribution in [3.8, 4) is 17.2 Å². The molecule has 5 heteroatoms. The molecule has 25 heavy (non-hydrogen) atoms. The largest absolute Gasteiger partial charge is 0.507 e. The second kappa shape index (κ2) is 5.23. The lowest BCUT2D eigenvalue weighted by atomic mass is 9.49. The minimum Gasteiger partial charge on any atom is -0.507 e. The zero-order chi connectivity index (χ0) is 18.9. The molecule has 3 N–H and O–H groups in total. The average molecular weight is 346 g/mol.